The highest BCUT2D eigenvalue weighted by Gasteiger charge is 2.08. The molecule has 6 heteroatoms. The van der Waals surface area contributed by atoms with E-state index in [-0.39, 0.29) is 5.91 Å². The lowest BCUT2D eigenvalue weighted by Crippen LogP contribution is -2.13. The third-order valence-electron chi connectivity index (χ3n) is 4.31. The van der Waals surface area contributed by atoms with Gasteiger partial charge in [0, 0.05) is 23.5 Å². The molecule has 3 aromatic rings. The van der Waals surface area contributed by atoms with Gasteiger partial charge < -0.3 is 15.4 Å². The number of ether oxygens (including phenoxy) is 1. The van der Waals surface area contributed by atoms with Crippen molar-refractivity contribution in [2.45, 2.75) is 13.3 Å². The van der Waals surface area contributed by atoms with Crippen LogP contribution in [0.3, 0.4) is 0 Å². The summed E-state index contributed by atoms with van der Waals surface area (Å²) in [5.74, 6) is 1.34. The number of aromatic nitrogens is 1. The molecule has 0 spiro atoms. The number of carbonyl (C=O) groups is 1. The van der Waals surface area contributed by atoms with Crippen molar-refractivity contribution in [3.05, 3.63) is 82.5 Å². The molecule has 0 saturated carbocycles. The zero-order valence-electron chi connectivity index (χ0n) is 15.8. The van der Waals surface area contributed by atoms with Crippen molar-refractivity contribution in [1.82, 2.24) is 4.98 Å². The summed E-state index contributed by atoms with van der Waals surface area (Å²) in [5, 5.41) is 6.70. The number of anilines is 2. The molecule has 144 valence electrons. The lowest BCUT2D eigenvalue weighted by atomic mass is 10.1. The van der Waals surface area contributed by atoms with E-state index < -0.39 is 0 Å². The summed E-state index contributed by atoms with van der Waals surface area (Å²) in [6.07, 6.45) is 2.40. The van der Waals surface area contributed by atoms with Gasteiger partial charge in [0.1, 0.15) is 11.6 Å². The van der Waals surface area contributed by atoms with E-state index in [4.69, 9.17) is 16.3 Å². The maximum absolute atomic E-state index is 12.4. The molecule has 28 heavy (non-hydrogen) atoms. The van der Waals surface area contributed by atoms with Crippen LogP contribution in [0.1, 0.15) is 21.5 Å². The molecule has 0 unspecified atom stereocenters. The number of rotatable bonds is 7. The number of pyridine rings is 1. The summed E-state index contributed by atoms with van der Waals surface area (Å²) < 4.78 is 5.23. The molecule has 5 nitrogen and oxygen atoms in total. The van der Waals surface area contributed by atoms with E-state index in [2.05, 4.69) is 21.7 Å². The van der Waals surface area contributed by atoms with Crippen molar-refractivity contribution in [2.75, 3.05) is 24.3 Å². The fraction of sp³-hybridized carbons (Fsp3) is 0.182. The Balaban J connectivity index is 1.53. The fourth-order valence-electron chi connectivity index (χ4n) is 2.67. The second-order valence-corrected chi connectivity index (χ2v) is 6.79. The fourth-order valence-corrected chi connectivity index (χ4v) is 2.85. The molecular weight excluding hydrogens is 374 g/mol. The van der Waals surface area contributed by atoms with Crippen LogP contribution in [0.4, 0.5) is 11.5 Å². The Morgan fingerprint density at radius 1 is 1.14 bits per heavy atom. The van der Waals surface area contributed by atoms with E-state index in [1.165, 1.54) is 5.56 Å². The lowest BCUT2D eigenvalue weighted by molar-refractivity contribution is 0.102. The van der Waals surface area contributed by atoms with E-state index in [0.717, 1.165) is 30.1 Å². The van der Waals surface area contributed by atoms with Crippen LogP contribution in [0.25, 0.3) is 0 Å². The summed E-state index contributed by atoms with van der Waals surface area (Å²) >= 11 is 6.09. The second-order valence-electron chi connectivity index (χ2n) is 6.38. The number of methoxy groups -OCH3 is 1. The first kappa shape index (κ1) is 19.7. The molecule has 0 aliphatic rings. The molecular formula is C22H22ClN3O2. The van der Waals surface area contributed by atoms with Crippen LogP contribution in [0, 0.1) is 6.92 Å². The van der Waals surface area contributed by atoms with Crippen molar-refractivity contribution in [1.29, 1.82) is 0 Å². The number of nitrogens with zero attached hydrogens (tertiary/aromatic N) is 1. The molecule has 1 aromatic heterocycles. The SMILES string of the molecule is COc1cccc(CCNc2ccc(C(=O)Nc3ccc(C)c(Cl)c3)cn2)c1. The maximum Gasteiger partial charge on any atom is 0.257 e. The molecule has 0 aliphatic heterocycles. The molecule has 0 bridgehead atoms. The van der Waals surface area contributed by atoms with Gasteiger partial charge in [-0.2, -0.15) is 0 Å². The van der Waals surface area contributed by atoms with Crippen LogP contribution >= 0.6 is 11.6 Å². The molecule has 3 rings (SSSR count). The lowest BCUT2D eigenvalue weighted by Gasteiger charge is -2.09. The van der Waals surface area contributed by atoms with E-state index in [9.17, 15) is 4.79 Å². The largest absolute Gasteiger partial charge is 0.497 e. The van der Waals surface area contributed by atoms with Gasteiger partial charge in [-0.15, -0.1) is 0 Å². The standard InChI is InChI=1S/C22H22ClN3O2/c1-15-6-8-18(13-20(15)23)26-22(27)17-7-9-21(25-14-17)24-11-10-16-4-3-5-19(12-16)28-2/h3-9,12-14H,10-11H2,1-2H3,(H,24,25)(H,26,27). The van der Waals surface area contributed by atoms with Gasteiger partial charge >= 0.3 is 0 Å². The highest BCUT2D eigenvalue weighted by atomic mass is 35.5. The van der Waals surface area contributed by atoms with Gasteiger partial charge in [0.15, 0.2) is 0 Å². The predicted octanol–water partition coefficient (Wildman–Crippen LogP) is 4.96. The van der Waals surface area contributed by atoms with Crippen molar-refractivity contribution in [3.8, 4) is 5.75 Å². The molecule has 2 N–H and O–H groups in total. The number of halogens is 1. The van der Waals surface area contributed by atoms with Gasteiger partial charge in [-0.25, -0.2) is 4.98 Å². The molecule has 0 saturated heterocycles. The van der Waals surface area contributed by atoms with Crippen molar-refractivity contribution >= 4 is 29.0 Å². The summed E-state index contributed by atoms with van der Waals surface area (Å²) in [5.41, 5.74) is 3.28. The molecule has 0 fully saturated rings. The first-order valence-corrected chi connectivity index (χ1v) is 9.33. The van der Waals surface area contributed by atoms with Gasteiger partial charge in [0.25, 0.3) is 5.91 Å². The van der Waals surface area contributed by atoms with Crippen molar-refractivity contribution in [3.63, 3.8) is 0 Å². The molecule has 0 radical (unpaired) electrons. The van der Waals surface area contributed by atoms with Gasteiger partial charge in [-0.05, 0) is 60.9 Å². The molecule has 1 amide bonds. The van der Waals surface area contributed by atoms with Crippen LogP contribution in [-0.4, -0.2) is 24.5 Å². The molecule has 0 atom stereocenters. The summed E-state index contributed by atoms with van der Waals surface area (Å²) in [6, 6.07) is 16.9. The highest BCUT2D eigenvalue weighted by Crippen LogP contribution is 2.20. The number of nitrogens with one attached hydrogen (secondary N) is 2. The van der Waals surface area contributed by atoms with Crippen LogP contribution in [-0.2, 0) is 6.42 Å². The summed E-state index contributed by atoms with van der Waals surface area (Å²) in [6.45, 7) is 2.64. The smallest absolute Gasteiger partial charge is 0.257 e. The number of carbonyl (C=O) groups excluding carboxylic acids is 1. The molecule has 0 aliphatic carbocycles. The zero-order chi connectivity index (χ0) is 19.9. The number of amides is 1. The average molecular weight is 396 g/mol. The normalized spacial score (nSPS) is 10.4. The Morgan fingerprint density at radius 3 is 2.71 bits per heavy atom. The third kappa shape index (κ3) is 5.24. The quantitative estimate of drug-likeness (QED) is 0.593. The Bertz CT molecular complexity index is 958. The summed E-state index contributed by atoms with van der Waals surface area (Å²) in [7, 11) is 1.66. The van der Waals surface area contributed by atoms with Gasteiger partial charge in [0.2, 0.25) is 0 Å². The third-order valence-corrected chi connectivity index (χ3v) is 4.72. The summed E-state index contributed by atoms with van der Waals surface area (Å²) in [4.78, 5) is 16.7. The van der Waals surface area contributed by atoms with Gasteiger partial charge in [0.05, 0.1) is 12.7 Å². The Hall–Kier alpha value is -3.05. The van der Waals surface area contributed by atoms with Crippen molar-refractivity contribution < 1.29 is 9.53 Å². The minimum atomic E-state index is -0.227. The van der Waals surface area contributed by atoms with E-state index in [0.29, 0.717) is 16.3 Å². The highest BCUT2D eigenvalue weighted by molar-refractivity contribution is 6.31. The average Bonchev–Trinajstić information content (AvgIpc) is 2.71. The van der Waals surface area contributed by atoms with E-state index >= 15 is 0 Å². The maximum atomic E-state index is 12.4. The number of aryl methyl sites for hydroxylation is 1. The molecule has 1 heterocycles. The molecule has 2 aromatic carbocycles. The predicted molar refractivity (Wildman–Crippen MR) is 114 cm³/mol. The minimum absolute atomic E-state index is 0.227. The van der Waals surface area contributed by atoms with Crippen molar-refractivity contribution in [2.24, 2.45) is 0 Å². The monoisotopic (exact) mass is 395 g/mol. The van der Waals surface area contributed by atoms with Crippen LogP contribution in [0.15, 0.2) is 60.8 Å². The first-order valence-electron chi connectivity index (χ1n) is 8.95. The second kappa shape index (κ2) is 9.24. The Labute approximate surface area is 169 Å². The Kier molecular flexibility index (Phi) is 6.50. The topological polar surface area (TPSA) is 63.2 Å². The Morgan fingerprint density at radius 2 is 2.00 bits per heavy atom. The van der Waals surface area contributed by atoms with Crippen LogP contribution in [0.2, 0.25) is 5.02 Å². The van der Waals surface area contributed by atoms with E-state index in [1.807, 2.05) is 37.3 Å². The number of hydrogen-bond acceptors (Lipinski definition) is 4. The van der Waals surface area contributed by atoms with Gasteiger partial charge in [-0.3, -0.25) is 4.79 Å². The zero-order valence-corrected chi connectivity index (χ0v) is 16.6. The number of hydrogen-bond donors (Lipinski definition) is 2. The van der Waals surface area contributed by atoms with Gasteiger partial charge in [-0.1, -0.05) is 29.8 Å². The minimum Gasteiger partial charge on any atom is -0.497 e. The van der Waals surface area contributed by atoms with Crippen LogP contribution in [0.5, 0.6) is 5.75 Å². The number of benzene rings is 2. The van der Waals surface area contributed by atoms with Crippen LogP contribution < -0.4 is 15.4 Å². The first-order chi connectivity index (χ1) is 13.5. The van der Waals surface area contributed by atoms with E-state index in [1.54, 1.807) is 31.5 Å².